The Bertz CT molecular complexity index is 205. The molecule has 0 aromatic carbocycles. The van der Waals surface area contributed by atoms with E-state index < -0.39 is 5.97 Å². The molecule has 1 heterocycles. The zero-order chi connectivity index (χ0) is 8.97. The monoisotopic (exact) mass is 189 g/mol. The Balaban J connectivity index is 2.31. The van der Waals surface area contributed by atoms with Gasteiger partial charge >= 0.3 is 5.97 Å². The second kappa shape index (κ2) is 4.35. The van der Waals surface area contributed by atoms with E-state index in [-0.39, 0.29) is 6.61 Å². The summed E-state index contributed by atoms with van der Waals surface area (Å²) >= 11 is 1.81. The molecule has 0 aromatic heterocycles. The Morgan fingerprint density at radius 2 is 2.67 bits per heavy atom. The lowest BCUT2D eigenvalue weighted by Crippen LogP contribution is -2.09. The maximum absolute atomic E-state index is 10.1. The predicted octanol–water partition coefficient (Wildman–Crippen LogP) is 0.969. The largest absolute Gasteiger partial charge is 0.479 e. The number of aliphatic carboxylic acids is 1. The second-order valence-electron chi connectivity index (χ2n) is 2.51. The molecule has 0 amide bonds. The molecule has 5 heteroatoms. The van der Waals surface area contributed by atoms with E-state index in [1.807, 2.05) is 6.92 Å². The molecule has 1 N–H and O–H groups in total. The first kappa shape index (κ1) is 9.38. The van der Waals surface area contributed by atoms with E-state index in [0.717, 1.165) is 17.9 Å². The minimum absolute atomic E-state index is 0.346. The summed E-state index contributed by atoms with van der Waals surface area (Å²) in [7, 11) is 0. The van der Waals surface area contributed by atoms with E-state index in [4.69, 9.17) is 5.11 Å². The van der Waals surface area contributed by atoms with Crippen molar-refractivity contribution in [3.63, 3.8) is 0 Å². The van der Waals surface area contributed by atoms with Crippen molar-refractivity contribution < 1.29 is 14.7 Å². The third kappa shape index (κ3) is 2.73. The number of carboxylic acid groups (broad SMARTS) is 1. The molecule has 1 rings (SSSR count). The maximum atomic E-state index is 10.1. The Morgan fingerprint density at radius 1 is 1.92 bits per heavy atom. The number of hydrogen-bond donors (Lipinski definition) is 1. The highest BCUT2D eigenvalue weighted by Crippen LogP contribution is 2.23. The summed E-state index contributed by atoms with van der Waals surface area (Å²) in [4.78, 5) is 14.7. The van der Waals surface area contributed by atoms with Crippen molar-refractivity contribution in [3.05, 3.63) is 0 Å². The number of oxime groups is 1. The van der Waals surface area contributed by atoms with Crippen molar-refractivity contribution in [1.82, 2.24) is 0 Å². The smallest absolute Gasteiger partial charge is 0.344 e. The topological polar surface area (TPSA) is 58.9 Å². The molecule has 0 bridgehead atoms. The van der Waals surface area contributed by atoms with Crippen molar-refractivity contribution >= 4 is 23.4 Å². The fourth-order valence-corrected chi connectivity index (χ4v) is 1.96. The molecule has 1 aliphatic heterocycles. The highest BCUT2D eigenvalue weighted by molar-refractivity contribution is 8.01. The van der Waals surface area contributed by atoms with E-state index in [9.17, 15) is 4.79 Å². The van der Waals surface area contributed by atoms with Gasteiger partial charge in [0.05, 0.1) is 5.71 Å². The van der Waals surface area contributed by atoms with Gasteiger partial charge in [-0.05, 0) is 19.1 Å². The summed E-state index contributed by atoms with van der Waals surface area (Å²) < 4.78 is 0. The zero-order valence-corrected chi connectivity index (χ0v) is 7.63. The van der Waals surface area contributed by atoms with Gasteiger partial charge in [0.15, 0.2) is 0 Å². The van der Waals surface area contributed by atoms with Crippen LogP contribution in [-0.4, -0.2) is 34.4 Å². The van der Waals surface area contributed by atoms with Gasteiger partial charge in [0, 0.05) is 5.25 Å². The van der Waals surface area contributed by atoms with Gasteiger partial charge in [-0.2, -0.15) is 11.8 Å². The van der Waals surface area contributed by atoms with Crippen LogP contribution in [0.3, 0.4) is 0 Å². The fraction of sp³-hybridized carbons (Fsp3) is 0.714. The molecule has 0 radical (unpaired) electrons. The highest BCUT2D eigenvalue weighted by atomic mass is 32.2. The van der Waals surface area contributed by atoms with Gasteiger partial charge in [0.1, 0.15) is 0 Å². The number of thioether (sulfide) groups is 1. The van der Waals surface area contributed by atoms with Crippen LogP contribution in [0, 0.1) is 0 Å². The third-order valence-electron chi connectivity index (χ3n) is 1.57. The molecule has 1 aliphatic rings. The number of carboxylic acids is 1. The molecule has 1 fully saturated rings. The first-order chi connectivity index (χ1) is 5.70. The number of carbonyl (C=O) groups is 1. The number of nitrogens with zero attached hydrogens (tertiary/aromatic N) is 1. The van der Waals surface area contributed by atoms with Crippen LogP contribution in [0.1, 0.15) is 13.3 Å². The average Bonchev–Trinajstić information content (AvgIpc) is 2.36. The molecule has 1 atom stereocenters. The second-order valence-corrected chi connectivity index (χ2v) is 3.96. The van der Waals surface area contributed by atoms with Crippen LogP contribution < -0.4 is 0 Å². The van der Waals surface area contributed by atoms with E-state index in [2.05, 4.69) is 9.99 Å². The van der Waals surface area contributed by atoms with Crippen molar-refractivity contribution in [2.24, 2.45) is 5.16 Å². The summed E-state index contributed by atoms with van der Waals surface area (Å²) in [5, 5.41) is 12.4. The summed E-state index contributed by atoms with van der Waals surface area (Å²) in [6, 6.07) is 0. The molecule has 12 heavy (non-hydrogen) atoms. The highest BCUT2D eigenvalue weighted by Gasteiger charge is 2.18. The van der Waals surface area contributed by atoms with Crippen molar-refractivity contribution in [2.75, 3.05) is 12.4 Å². The van der Waals surface area contributed by atoms with Gasteiger partial charge in [-0.1, -0.05) is 5.16 Å². The Hall–Kier alpha value is -0.710. The van der Waals surface area contributed by atoms with Crippen molar-refractivity contribution in [3.8, 4) is 0 Å². The Kier molecular flexibility index (Phi) is 3.40. The van der Waals surface area contributed by atoms with Crippen LogP contribution >= 0.6 is 11.8 Å². The Labute approximate surface area is 75.0 Å². The van der Waals surface area contributed by atoms with Crippen molar-refractivity contribution in [1.29, 1.82) is 0 Å². The standard InChI is InChI=1S/C7H11NO3S/c1-5-6(2-3-12-5)8-11-4-7(9)10/h5H,2-4H2,1H3,(H,9,10)/b8-6+. The van der Waals surface area contributed by atoms with Crippen LogP contribution in [0.25, 0.3) is 0 Å². The van der Waals surface area contributed by atoms with Crippen LogP contribution in [-0.2, 0) is 9.63 Å². The Morgan fingerprint density at radius 3 is 3.17 bits per heavy atom. The van der Waals surface area contributed by atoms with E-state index in [1.165, 1.54) is 0 Å². The van der Waals surface area contributed by atoms with Gasteiger partial charge < -0.3 is 9.94 Å². The maximum Gasteiger partial charge on any atom is 0.344 e. The minimum Gasteiger partial charge on any atom is -0.479 e. The van der Waals surface area contributed by atoms with Crippen LogP contribution in [0.5, 0.6) is 0 Å². The summed E-state index contributed by atoms with van der Waals surface area (Å²) in [5.41, 5.74) is 0.959. The minimum atomic E-state index is -0.988. The zero-order valence-electron chi connectivity index (χ0n) is 6.82. The van der Waals surface area contributed by atoms with Crippen molar-refractivity contribution in [2.45, 2.75) is 18.6 Å². The molecule has 4 nitrogen and oxygen atoms in total. The molecule has 0 aromatic rings. The molecule has 0 spiro atoms. The van der Waals surface area contributed by atoms with E-state index in [0.29, 0.717) is 5.25 Å². The lowest BCUT2D eigenvalue weighted by atomic mass is 10.2. The molecule has 1 saturated heterocycles. The van der Waals surface area contributed by atoms with E-state index in [1.54, 1.807) is 11.8 Å². The number of rotatable bonds is 3. The van der Waals surface area contributed by atoms with Gasteiger partial charge in [0.25, 0.3) is 0 Å². The van der Waals surface area contributed by atoms with Crippen LogP contribution in [0.2, 0.25) is 0 Å². The summed E-state index contributed by atoms with van der Waals surface area (Å²) in [5.74, 6) is 0.0637. The first-order valence-corrected chi connectivity index (χ1v) is 4.77. The fourth-order valence-electron chi connectivity index (χ4n) is 0.930. The van der Waals surface area contributed by atoms with Crippen LogP contribution in [0.4, 0.5) is 0 Å². The number of hydrogen-bond acceptors (Lipinski definition) is 4. The van der Waals surface area contributed by atoms with Gasteiger partial charge in [-0.15, -0.1) is 0 Å². The molecule has 0 saturated carbocycles. The molecule has 0 aliphatic carbocycles. The van der Waals surface area contributed by atoms with Crippen LogP contribution in [0.15, 0.2) is 5.16 Å². The molecular formula is C7H11NO3S. The summed E-state index contributed by atoms with van der Waals surface area (Å²) in [6.45, 7) is 1.70. The molecule has 68 valence electrons. The van der Waals surface area contributed by atoms with E-state index >= 15 is 0 Å². The SMILES string of the molecule is CC1SCC/C1=N\OCC(=O)O. The first-order valence-electron chi connectivity index (χ1n) is 3.72. The quantitative estimate of drug-likeness (QED) is 0.672. The van der Waals surface area contributed by atoms with Gasteiger partial charge in [-0.3, -0.25) is 0 Å². The van der Waals surface area contributed by atoms with Gasteiger partial charge in [0.2, 0.25) is 6.61 Å². The lowest BCUT2D eigenvalue weighted by Gasteiger charge is -2.00. The summed E-state index contributed by atoms with van der Waals surface area (Å²) in [6.07, 6.45) is 0.908. The van der Waals surface area contributed by atoms with Gasteiger partial charge in [-0.25, -0.2) is 4.79 Å². The normalized spacial score (nSPS) is 26.1. The molecular weight excluding hydrogens is 178 g/mol. The average molecular weight is 189 g/mol. The third-order valence-corrected chi connectivity index (χ3v) is 2.78. The molecule has 1 unspecified atom stereocenters. The predicted molar refractivity (Wildman–Crippen MR) is 47.6 cm³/mol. The lowest BCUT2D eigenvalue weighted by molar-refractivity contribution is -0.142.